The van der Waals surface area contributed by atoms with Gasteiger partial charge in [0.2, 0.25) is 0 Å². The van der Waals surface area contributed by atoms with Gasteiger partial charge in [-0.25, -0.2) is 4.79 Å². The van der Waals surface area contributed by atoms with E-state index in [1.54, 1.807) is 0 Å². The number of carbonyl (C=O) groups is 1. The molecular weight excluding hydrogens is 202 g/mol. The van der Waals surface area contributed by atoms with Gasteiger partial charge in [-0.2, -0.15) is 0 Å². The van der Waals surface area contributed by atoms with Crippen molar-refractivity contribution in [2.24, 2.45) is 0 Å². The Balaban J connectivity index is 3.35. The van der Waals surface area contributed by atoms with Crippen molar-refractivity contribution < 1.29 is 19.9 Å². The van der Waals surface area contributed by atoms with Crippen molar-refractivity contribution in [3.8, 4) is 0 Å². The second-order valence-corrected chi connectivity index (χ2v) is 3.01. The van der Waals surface area contributed by atoms with E-state index in [-0.39, 0.29) is 11.3 Å². The molecule has 1 aromatic rings. The van der Waals surface area contributed by atoms with E-state index >= 15 is 0 Å². The zero-order valence-corrected chi connectivity index (χ0v) is 7.88. The first-order valence-corrected chi connectivity index (χ1v) is 4.10. The summed E-state index contributed by atoms with van der Waals surface area (Å²) >= 11 is 0. The molecular formula is C9H9NO5. The third kappa shape index (κ3) is 2.10. The zero-order valence-electron chi connectivity index (χ0n) is 7.88. The molecule has 6 heteroatoms. The van der Waals surface area contributed by atoms with Crippen LogP contribution in [0.1, 0.15) is 17.2 Å². The molecule has 0 heterocycles. The number of aliphatic hydroxyl groups excluding tert-OH is 1. The van der Waals surface area contributed by atoms with E-state index in [2.05, 4.69) is 0 Å². The van der Waals surface area contributed by atoms with E-state index in [0.717, 1.165) is 0 Å². The number of nitro benzene ring substituents is 1. The summed E-state index contributed by atoms with van der Waals surface area (Å²) in [6.07, 6.45) is -1.87. The largest absolute Gasteiger partial charge is 0.479 e. The van der Waals surface area contributed by atoms with Gasteiger partial charge in [0.25, 0.3) is 5.69 Å². The van der Waals surface area contributed by atoms with Crippen LogP contribution in [0.25, 0.3) is 0 Å². The summed E-state index contributed by atoms with van der Waals surface area (Å²) in [7, 11) is 0. The molecule has 80 valence electrons. The van der Waals surface area contributed by atoms with Gasteiger partial charge >= 0.3 is 5.97 Å². The zero-order chi connectivity index (χ0) is 11.6. The molecule has 0 saturated carbocycles. The Morgan fingerprint density at radius 2 is 2.13 bits per heavy atom. The topological polar surface area (TPSA) is 101 Å². The lowest BCUT2D eigenvalue weighted by Gasteiger charge is -2.07. The first-order valence-electron chi connectivity index (χ1n) is 4.10. The maximum atomic E-state index is 10.7. The van der Waals surface area contributed by atoms with E-state index in [1.807, 2.05) is 0 Å². The van der Waals surface area contributed by atoms with Crippen molar-refractivity contribution in [1.29, 1.82) is 0 Å². The van der Waals surface area contributed by atoms with Gasteiger partial charge in [0, 0.05) is 5.56 Å². The van der Waals surface area contributed by atoms with Crippen LogP contribution in [0.2, 0.25) is 0 Å². The third-order valence-corrected chi connectivity index (χ3v) is 1.98. The molecule has 6 nitrogen and oxygen atoms in total. The summed E-state index contributed by atoms with van der Waals surface area (Å²) in [5.41, 5.74) is -0.238. The Bertz CT molecular complexity index is 415. The van der Waals surface area contributed by atoms with Crippen molar-refractivity contribution in [3.63, 3.8) is 0 Å². The van der Waals surface area contributed by atoms with Gasteiger partial charge in [-0.15, -0.1) is 0 Å². The fraction of sp³-hybridized carbons (Fsp3) is 0.222. The fourth-order valence-corrected chi connectivity index (χ4v) is 1.28. The Labute approximate surface area is 84.9 Å². The van der Waals surface area contributed by atoms with Crippen LogP contribution in [0, 0.1) is 17.0 Å². The van der Waals surface area contributed by atoms with Crippen molar-refractivity contribution in [2.75, 3.05) is 0 Å². The molecule has 0 aliphatic rings. The Morgan fingerprint density at radius 1 is 1.53 bits per heavy atom. The van der Waals surface area contributed by atoms with E-state index in [9.17, 15) is 20.0 Å². The van der Waals surface area contributed by atoms with Crippen LogP contribution >= 0.6 is 0 Å². The highest BCUT2D eigenvalue weighted by molar-refractivity contribution is 5.76. The number of rotatable bonds is 3. The van der Waals surface area contributed by atoms with Crippen LogP contribution < -0.4 is 0 Å². The van der Waals surface area contributed by atoms with Gasteiger partial charge in [-0.1, -0.05) is 12.1 Å². The highest BCUT2D eigenvalue weighted by Gasteiger charge is 2.26. The summed E-state index contributed by atoms with van der Waals surface area (Å²) in [5, 5.41) is 28.5. The summed E-state index contributed by atoms with van der Waals surface area (Å²) in [6.45, 7) is 1.48. The van der Waals surface area contributed by atoms with Crippen molar-refractivity contribution in [1.82, 2.24) is 0 Å². The molecule has 0 fully saturated rings. The van der Waals surface area contributed by atoms with Crippen LogP contribution in [0.4, 0.5) is 5.69 Å². The normalized spacial score (nSPS) is 12.1. The predicted octanol–water partition coefficient (Wildman–Crippen LogP) is 1.02. The molecule has 1 rings (SSSR count). The van der Waals surface area contributed by atoms with E-state index in [0.29, 0.717) is 5.56 Å². The molecule has 1 unspecified atom stereocenters. The van der Waals surface area contributed by atoms with E-state index in [4.69, 9.17) is 5.11 Å². The molecule has 0 amide bonds. The Morgan fingerprint density at radius 3 is 2.60 bits per heavy atom. The Hall–Kier alpha value is -1.95. The van der Waals surface area contributed by atoms with Gasteiger partial charge in [-0.3, -0.25) is 10.1 Å². The molecule has 2 N–H and O–H groups in total. The van der Waals surface area contributed by atoms with Crippen LogP contribution in [0.5, 0.6) is 0 Å². The minimum Gasteiger partial charge on any atom is -0.479 e. The minimum atomic E-state index is -1.87. The number of carboxylic acid groups (broad SMARTS) is 1. The maximum Gasteiger partial charge on any atom is 0.337 e. The molecule has 0 aliphatic carbocycles. The van der Waals surface area contributed by atoms with Crippen LogP contribution in [0.15, 0.2) is 18.2 Å². The number of hydrogen-bond donors (Lipinski definition) is 2. The number of hydrogen-bond acceptors (Lipinski definition) is 4. The summed E-state index contributed by atoms with van der Waals surface area (Å²) in [4.78, 5) is 20.5. The van der Waals surface area contributed by atoms with Gasteiger partial charge in [-0.05, 0) is 13.0 Å². The second-order valence-electron chi connectivity index (χ2n) is 3.01. The van der Waals surface area contributed by atoms with Gasteiger partial charge < -0.3 is 10.2 Å². The summed E-state index contributed by atoms with van der Waals surface area (Å²) < 4.78 is 0. The van der Waals surface area contributed by atoms with Crippen molar-refractivity contribution in [3.05, 3.63) is 39.4 Å². The van der Waals surface area contributed by atoms with E-state index < -0.39 is 17.0 Å². The molecule has 0 radical (unpaired) electrons. The average molecular weight is 211 g/mol. The number of aliphatic hydroxyl groups is 1. The minimum absolute atomic E-state index is 0.201. The van der Waals surface area contributed by atoms with Crippen molar-refractivity contribution in [2.45, 2.75) is 13.0 Å². The van der Waals surface area contributed by atoms with Crippen molar-refractivity contribution >= 4 is 11.7 Å². The number of nitrogens with zero attached hydrogens (tertiary/aromatic N) is 1. The SMILES string of the molecule is Cc1cccc(C(O)C(=O)O)c1[N+](=O)[O-]. The van der Waals surface area contributed by atoms with Gasteiger partial charge in [0.05, 0.1) is 10.5 Å². The lowest BCUT2D eigenvalue weighted by atomic mass is 10.0. The lowest BCUT2D eigenvalue weighted by Crippen LogP contribution is -2.13. The van der Waals surface area contributed by atoms with Gasteiger partial charge in [0.1, 0.15) is 0 Å². The molecule has 1 aromatic carbocycles. The molecule has 0 saturated heterocycles. The quantitative estimate of drug-likeness (QED) is 0.574. The molecule has 0 spiro atoms. The number of carboxylic acids is 1. The molecule has 0 bridgehead atoms. The average Bonchev–Trinajstić information content (AvgIpc) is 2.15. The predicted molar refractivity (Wildman–Crippen MR) is 50.4 cm³/mol. The smallest absolute Gasteiger partial charge is 0.337 e. The third-order valence-electron chi connectivity index (χ3n) is 1.98. The van der Waals surface area contributed by atoms with E-state index in [1.165, 1.54) is 25.1 Å². The first-order chi connectivity index (χ1) is 6.95. The summed E-state index contributed by atoms with van der Waals surface area (Å²) in [6, 6.07) is 4.17. The Kier molecular flexibility index (Phi) is 3.01. The second kappa shape index (κ2) is 4.05. The molecule has 15 heavy (non-hydrogen) atoms. The number of aliphatic carboxylic acids is 1. The maximum absolute atomic E-state index is 10.7. The van der Waals surface area contributed by atoms with Gasteiger partial charge in [0.15, 0.2) is 6.10 Å². The standard InChI is InChI=1S/C9H9NO5/c1-5-3-2-4-6(7(5)10(14)15)8(11)9(12)13/h2-4,8,11H,1H3,(H,12,13). The van der Waals surface area contributed by atoms with Crippen LogP contribution in [-0.2, 0) is 4.79 Å². The number of nitro groups is 1. The lowest BCUT2D eigenvalue weighted by molar-refractivity contribution is -0.386. The van der Waals surface area contributed by atoms with Crippen LogP contribution in [-0.4, -0.2) is 21.1 Å². The molecule has 0 aliphatic heterocycles. The summed E-state index contributed by atoms with van der Waals surface area (Å²) in [5.74, 6) is -1.51. The number of aryl methyl sites for hydroxylation is 1. The molecule has 1 atom stereocenters. The fourth-order valence-electron chi connectivity index (χ4n) is 1.28. The highest BCUT2D eigenvalue weighted by atomic mass is 16.6. The molecule has 0 aromatic heterocycles. The van der Waals surface area contributed by atoms with Crippen LogP contribution in [0.3, 0.4) is 0 Å². The number of benzene rings is 1. The monoisotopic (exact) mass is 211 g/mol. The highest BCUT2D eigenvalue weighted by Crippen LogP contribution is 2.28. The first kappa shape index (κ1) is 11.1. The number of para-hydroxylation sites is 1.